The van der Waals surface area contributed by atoms with Gasteiger partial charge in [-0.1, -0.05) is 48.0 Å². The largest absolute Gasteiger partial charge is 0.491 e. The van der Waals surface area contributed by atoms with E-state index in [1.165, 1.54) is 0 Å². The number of amides is 2. The highest BCUT2D eigenvalue weighted by molar-refractivity contribution is 5.75. The Bertz CT molecular complexity index is 714. The van der Waals surface area contributed by atoms with Crippen molar-refractivity contribution in [3.8, 4) is 5.75 Å². The molecule has 25 heavy (non-hydrogen) atoms. The molecular formula is C20H26N2O3. The molecule has 0 spiro atoms. The van der Waals surface area contributed by atoms with Crippen LogP contribution in [0.1, 0.15) is 30.5 Å². The number of aliphatic hydroxyl groups excluding tert-OH is 1. The lowest BCUT2D eigenvalue weighted by Gasteiger charge is -2.27. The monoisotopic (exact) mass is 342 g/mol. The smallest absolute Gasteiger partial charge is 0.315 e. The Kier molecular flexibility index (Phi) is 6.42. The fourth-order valence-electron chi connectivity index (χ4n) is 2.56. The molecule has 0 heterocycles. The fourth-order valence-corrected chi connectivity index (χ4v) is 2.56. The average molecular weight is 342 g/mol. The number of hydrogen-bond acceptors (Lipinski definition) is 3. The number of benzene rings is 2. The van der Waals surface area contributed by atoms with Gasteiger partial charge in [0.05, 0.1) is 12.1 Å². The molecule has 5 heteroatoms. The number of hydrogen-bond donors (Lipinski definition) is 3. The average Bonchev–Trinajstić information content (AvgIpc) is 2.58. The van der Waals surface area contributed by atoms with Gasteiger partial charge in [0, 0.05) is 12.1 Å². The van der Waals surface area contributed by atoms with Crippen molar-refractivity contribution in [1.82, 2.24) is 10.6 Å². The van der Waals surface area contributed by atoms with Crippen molar-refractivity contribution in [1.29, 1.82) is 0 Å². The molecule has 0 aromatic heterocycles. The summed E-state index contributed by atoms with van der Waals surface area (Å²) in [5.74, 6) is 0.662. The molecule has 0 atom stereocenters. The maximum absolute atomic E-state index is 12.3. The van der Waals surface area contributed by atoms with Crippen LogP contribution in [0.25, 0.3) is 0 Å². The highest BCUT2D eigenvalue weighted by atomic mass is 16.5. The minimum atomic E-state index is -0.483. The second kappa shape index (κ2) is 8.53. The second-order valence-corrected chi connectivity index (χ2v) is 6.48. The van der Waals surface area contributed by atoms with Crippen molar-refractivity contribution >= 4 is 6.03 Å². The lowest BCUT2D eigenvalue weighted by atomic mass is 9.93. The lowest BCUT2D eigenvalue weighted by Crippen LogP contribution is -2.46. The SMILES string of the molecule is Cc1cccc(C(C)(C)NC(=O)NCc2ccccc2OCCO)c1. The van der Waals surface area contributed by atoms with Gasteiger partial charge >= 0.3 is 6.03 Å². The summed E-state index contributed by atoms with van der Waals surface area (Å²) in [6.07, 6.45) is 0. The van der Waals surface area contributed by atoms with E-state index in [1.807, 2.05) is 63.2 Å². The summed E-state index contributed by atoms with van der Waals surface area (Å²) < 4.78 is 5.48. The predicted molar refractivity (Wildman–Crippen MR) is 98.6 cm³/mol. The molecule has 0 saturated carbocycles. The van der Waals surface area contributed by atoms with Gasteiger partial charge in [-0.25, -0.2) is 4.79 Å². The van der Waals surface area contributed by atoms with Crippen LogP contribution >= 0.6 is 0 Å². The van der Waals surface area contributed by atoms with Crippen molar-refractivity contribution in [2.45, 2.75) is 32.9 Å². The molecule has 134 valence electrons. The Labute approximate surface area is 149 Å². The summed E-state index contributed by atoms with van der Waals surface area (Å²) in [4.78, 5) is 12.3. The predicted octanol–water partition coefficient (Wildman–Crippen LogP) is 3.10. The Morgan fingerprint density at radius 3 is 2.64 bits per heavy atom. The Morgan fingerprint density at radius 1 is 1.16 bits per heavy atom. The number of ether oxygens (including phenoxy) is 1. The summed E-state index contributed by atoms with van der Waals surface area (Å²) in [5, 5.41) is 14.8. The minimum Gasteiger partial charge on any atom is -0.491 e. The van der Waals surface area contributed by atoms with Crippen molar-refractivity contribution in [3.63, 3.8) is 0 Å². The first-order valence-corrected chi connectivity index (χ1v) is 8.37. The van der Waals surface area contributed by atoms with Crippen LogP contribution < -0.4 is 15.4 Å². The van der Waals surface area contributed by atoms with E-state index in [-0.39, 0.29) is 19.2 Å². The summed E-state index contributed by atoms with van der Waals surface area (Å²) in [6, 6.07) is 15.3. The van der Waals surface area contributed by atoms with Crippen molar-refractivity contribution < 1.29 is 14.6 Å². The number of urea groups is 1. The highest BCUT2D eigenvalue weighted by Crippen LogP contribution is 2.21. The quantitative estimate of drug-likeness (QED) is 0.724. The van der Waals surface area contributed by atoms with Gasteiger partial charge in [-0.2, -0.15) is 0 Å². The van der Waals surface area contributed by atoms with Gasteiger partial charge in [-0.3, -0.25) is 0 Å². The van der Waals surface area contributed by atoms with Gasteiger partial charge in [0.1, 0.15) is 12.4 Å². The van der Waals surface area contributed by atoms with Gasteiger partial charge in [0.2, 0.25) is 0 Å². The van der Waals surface area contributed by atoms with Crippen LogP contribution in [0, 0.1) is 6.92 Å². The van der Waals surface area contributed by atoms with Gasteiger partial charge in [0.15, 0.2) is 0 Å². The van der Waals surface area contributed by atoms with Crippen molar-refractivity contribution in [3.05, 3.63) is 65.2 Å². The maximum Gasteiger partial charge on any atom is 0.315 e. The third-order valence-electron chi connectivity index (χ3n) is 3.93. The number of carbonyl (C=O) groups excluding carboxylic acids is 1. The number of nitrogens with one attached hydrogen (secondary N) is 2. The maximum atomic E-state index is 12.3. The highest BCUT2D eigenvalue weighted by Gasteiger charge is 2.22. The molecule has 0 aliphatic heterocycles. The standard InChI is InChI=1S/C20H26N2O3/c1-15-7-6-9-17(13-15)20(2,3)22-19(24)21-14-16-8-4-5-10-18(16)25-12-11-23/h4-10,13,23H,11-12,14H2,1-3H3,(H2,21,22,24). The van der Waals surface area contributed by atoms with E-state index in [9.17, 15) is 4.79 Å². The lowest BCUT2D eigenvalue weighted by molar-refractivity contribution is 0.200. The van der Waals surface area contributed by atoms with E-state index in [0.29, 0.717) is 12.3 Å². The van der Waals surface area contributed by atoms with E-state index < -0.39 is 5.54 Å². The molecule has 2 rings (SSSR count). The topological polar surface area (TPSA) is 70.6 Å². The third-order valence-corrected chi connectivity index (χ3v) is 3.93. The van der Waals surface area contributed by atoms with Gasteiger partial charge < -0.3 is 20.5 Å². The van der Waals surface area contributed by atoms with Crippen LogP contribution in [0.3, 0.4) is 0 Å². The molecule has 2 aromatic rings. The van der Waals surface area contributed by atoms with Crippen LogP contribution in [0.5, 0.6) is 5.75 Å². The first-order chi connectivity index (χ1) is 11.9. The van der Waals surface area contributed by atoms with Gasteiger partial charge in [-0.15, -0.1) is 0 Å². The van der Waals surface area contributed by atoms with Crippen LogP contribution in [0.4, 0.5) is 4.79 Å². The zero-order valence-electron chi connectivity index (χ0n) is 15.0. The van der Waals surface area contributed by atoms with E-state index in [0.717, 1.165) is 16.7 Å². The number of para-hydroxylation sites is 1. The van der Waals surface area contributed by atoms with Crippen LogP contribution in [0.15, 0.2) is 48.5 Å². The molecule has 0 radical (unpaired) electrons. The summed E-state index contributed by atoms with van der Waals surface area (Å²) >= 11 is 0. The molecule has 0 bridgehead atoms. The van der Waals surface area contributed by atoms with Gasteiger partial charge in [0.25, 0.3) is 0 Å². The molecule has 0 fully saturated rings. The molecule has 0 saturated heterocycles. The molecule has 0 unspecified atom stereocenters. The van der Waals surface area contributed by atoms with Crippen molar-refractivity contribution in [2.24, 2.45) is 0 Å². The molecule has 5 nitrogen and oxygen atoms in total. The zero-order valence-corrected chi connectivity index (χ0v) is 15.0. The van der Waals surface area contributed by atoms with E-state index >= 15 is 0 Å². The van der Waals surface area contributed by atoms with Crippen molar-refractivity contribution in [2.75, 3.05) is 13.2 Å². The summed E-state index contributed by atoms with van der Waals surface area (Å²) in [5.41, 5.74) is 2.58. The fraction of sp³-hybridized carbons (Fsp3) is 0.350. The van der Waals surface area contributed by atoms with E-state index in [2.05, 4.69) is 16.7 Å². The molecule has 2 amide bonds. The van der Waals surface area contributed by atoms with Crippen LogP contribution in [0.2, 0.25) is 0 Å². The number of aryl methyl sites for hydroxylation is 1. The molecular weight excluding hydrogens is 316 g/mol. The number of carbonyl (C=O) groups is 1. The van der Waals surface area contributed by atoms with Crippen LogP contribution in [-0.4, -0.2) is 24.4 Å². The second-order valence-electron chi connectivity index (χ2n) is 6.48. The normalized spacial score (nSPS) is 11.0. The molecule has 0 aliphatic carbocycles. The van der Waals surface area contributed by atoms with E-state index in [1.54, 1.807) is 0 Å². The summed E-state index contributed by atoms with van der Waals surface area (Å²) in [7, 11) is 0. The Balaban J connectivity index is 1.97. The first-order valence-electron chi connectivity index (χ1n) is 8.37. The first kappa shape index (κ1) is 18.8. The molecule has 3 N–H and O–H groups in total. The summed E-state index contributed by atoms with van der Waals surface area (Å²) in [6.45, 7) is 6.50. The van der Waals surface area contributed by atoms with Gasteiger partial charge in [-0.05, 0) is 32.4 Å². The van der Waals surface area contributed by atoms with Crippen LogP contribution in [-0.2, 0) is 12.1 Å². The number of aliphatic hydroxyl groups is 1. The number of rotatable bonds is 7. The molecule has 0 aliphatic rings. The third kappa shape index (κ3) is 5.50. The minimum absolute atomic E-state index is 0.0487. The Hall–Kier alpha value is -2.53. The van der Waals surface area contributed by atoms with E-state index in [4.69, 9.17) is 9.84 Å². The zero-order chi connectivity index (χ0) is 18.3. The molecule has 2 aromatic carbocycles. The Morgan fingerprint density at radius 2 is 1.92 bits per heavy atom.